The summed E-state index contributed by atoms with van der Waals surface area (Å²) in [7, 11) is 0. The SMILES string of the molecule is CCCC(N)(C(=O)O)C(=O)OCC. The fourth-order valence-corrected chi connectivity index (χ4v) is 0.951. The van der Waals surface area contributed by atoms with Crippen molar-refractivity contribution in [2.75, 3.05) is 6.61 Å². The van der Waals surface area contributed by atoms with Gasteiger partial charge in [0.05, 0.1) is 6.61 Å². The molecule has 0 saturated carbocycles. The Labute approximate surface area is 76.9 Å². The van der Waals surface area contributed by atoms with E-state index >= 15 is 0 Å². The minimum absolute atomic E-state index is 0.0845. The molecule has 76 valence electrons. The number of carbonyl (C=O) groups is 2. The number of aliphatic carboxylic acids is 1. The summed E-state index contributed by atoms with van der Waals surface area (Å²) in [4.78, 5) is 21.9. The number of carbonyl (C=O) groups excluding carboxylic acids is 1. The van der Waals surface area contributed by atoms with Gasteiger partial charge >= 0.3 is 11.9 Å². The van der Waals surface area contributed by atoms with Gasteiger partial charge in [0.1, 0.15) is 0 Å². The van der Waals surface area contributed by atoms with Crippen LogP contribution in [-0.2, 0) is 14.3 Å². The molecule has 13 heavy (non-hydrogen) atoms. The summed E-state index contributed by atoms with van der Waals surface area (Å²) in [5.41, 5.74) is 3.52. The number of esters is 1. The van der Waals surface area contributed by atoms with Gasteiger partial charge < -0.3 is 15.6 Å². The maximum Gasteiger partial charge on any atom is 0.337 e. The molecule has 0 spiro atoms. The van der Waals surface area contributed by atoms with Gasteiger partial charge in [-0.1, -0.05) is 13.3 Å². The molecule has 5 heteroatoms. The summed E-state index contributed by atoms with van der Waals surface area (Å²) in [5.74, 6) is -2.21. The first-order chi connectivity index (χ1) is 5.99. The Bertz CT molecular complexity index is 204. The van der Waals surface area contributed by atoms with Crippen molar-refractivity contribution < 1.29 is 19.4 Å². The van der Waals surface area contributed by atoms with E-state index in [0.717, 1.165) is 0 Å². The molecule has 0 rings (SSSR count). The number of rotatable bonds is 5. The smallest absolute Gasteiger partial charge is 0.337 e. The van der Waals surface area contributed by atoms with E-state index in [4.69, 9.17) is 10.8 Å². The monoisotopic (exact) mass is 189 g/mol. The minimum Gasteiger partial charge on any atom is -0.479 e. The number of carboxylic acids is 1. The first-order valence-electron chi connectivity index (χ1n) is 4.18. The van der Waals surface area contributed by atoms with E-state index in [2.05, 4.69) is 4.74 Å². The lowest BCUT2D eigenvalue weighted by Crippen LogP contribution is -2.55. The van der Waals surface area contributed by atoms with E-state index in [9.17, 15) is 9.59 Å². The van der Waals surface area contributed by atoms with Crippen LogP contribution in [0.2, 0.25) is 0 Å². The Kier molecular flexibility index (Phi) is 4.40. The average molecular weight is 189 g/mol. The number of carboxylic acid groups (broad SMARTS) is 1. The van der Waals surface area contributed by atoms with Crippen LogP contribution in [0.15, 0.2) is 0 Å². The molecule has 0 fully saturated rings. The van der Waals surface area contributed by atoms with Gasteiger partial charge in [-0.25, -0.2) is 9.59 Å². The molecule has 0 amide bonds. The van der Waals surface area contributed by atoms with Crippen LogP contribution in [-0.4, -0.2) is 29.2 Å². The zero-order valence-electron chi connectivity index (χ0n) is 7.87. The first-order valence-corrected chi connectivity index (χ1v) is 4.18. The molecule has 0 radical (unpaired) electrons. The normalized spacial score (nSPS) is 14.7. The van der Waals surface area contributed by atoms with Crippen LogP contribution in [0.25, 0.3) is 0 Å². The predicted octanol–water partition coefficient (Wildman–Crippen LogP) is 0.132. The van der Waals surface area contributed by atoms with E-state index in [1.807, 2.05) is 0 Å². The van der Waals surface area contributed by atoms with E-state index in [-0.39, 0.29) is 13.0 Å². The number of hydrogen-bond donors (Lipinski definition) is 2. The van der Waals surface area contributed by atoms with Crippen LogP contribution in [0.4, 0.5) is 0 Å². The third kappa shape index (κ3) is 2.69. The van der Waals surface area contributed by atoms with Crippen molar-refractivity contribution in [1.29, 1.82) is 0 Å². The molecule has 0 aliphatic rings. The van der Waals surface area contributed by atoms with Gasteiger partial charge in [0, 0.05) is 0 Å². The quantitative estimate of drug-likeness (QED) is 0.474. The summed E-state index contributed by atoms with van der Waals surface area (Å²) < 4.78 is 4.58. The summed E-state index contributed by atoms with van der Waals surface area (Å²) in [6.45, 7) is 3.49. The second-order valence-electron chi connectivity index (χ2n) is 2.75. The largest absolute Gasteiger partial charge is 0.479 e. The van der Waals surface area contributed by atoms with Crippen molar-refractivity contribution >= 4 is 11.9 Å². The van der Waals surface area contributed by atoms with Gasteiger partial charge in [-0.05, 0) is 13.3 Å². The molecule has 0 bridgehead atoms. The third-order valence-corrected chi connectivity index (χ3v) is 1.67. The Morgan fingerprint density at radius 3 is 2.31 bits per heavy atom. The maximum absolute atomic E-state index is 11.2. The summed E-state index contributed by atoms with van der Waals surface area (Å²) in [5, 5.41) is 8.73. The molecule has 0 aliphatic heterocycles. The first kappa shape index (κ1) is 11.9. The van der Waals surface area contributed by atoms with Gasteiger partial charge in [0.15, 0.2) is 0 Å². The van der Waals surface area contributed by atoms with Crippen molar-refractivity contribution in [1.82, 2.24) is 0 Å². The molecule has 5 nitrogen and oxygen atoms in total. The summed E-state index contributed by atoms with van der Waals surface area (Å²) in [6.07, 6.45) is 0.600. The molecule has 0 aromatic carbocycles. The van der Waals surface area contributed by atoms with Crippen LogP contribution in [0.5, 0.6) is 0 Å². The molecule has 0 saturated heterocycles. The zero-order chi connectivity index (χ0) is 10.5. The van der Waals surface area contributed by atoms with Gasteiger partial charge in [-0.3, -0.25) is 0 Å². The van der Waals surface area contributed by atoms with Crippen molar-refractivity contribution in [3.63, 3.8) is 0 Å². The van der Waals surface area contributed by atoms with E-state index in [0.29, 0.717) is 6.42 Å². The molecular weight excluding hydrogens is 174 g/mol. The fraction of sp³-hybridized carbons (Fsp3) is 0.750. The lowest BCUT2D eigenvalue weighted by atomic mass is 9.95. The third-order valence-electron chi connectivity index (χ3n) is 1.67. The standard InChI is InChI=1S/C8H15NO4/c1-3-5-8(9,6(10)11)7(12)13-4-2/h3-5,9H2,1-2H3,(H,10,11). The lowest BCUT2D eigenvalue weighted by Gasteiger charge is -2.21. The highest BCUT2D eigenvalue weighted by Gasteiger charge is 2.42. The predicted molar refractivity (Wildman–Crippen MR) is 46.1 cm³/mol. The Hall–Kier alpha value is -1.10. The zero-order valence-corrected chi connectivity index (χ0v) is 7.87. The maximum atomic E-state index is 11.2. The van der Waals surface area contributed by atoms with Crippen LogP contribution in [0.3, 0.4) is 0 Å². The van der Waals surface area contributed by atoms with Gasteiger partial charge in [-0.2, -0.15) is 0 Å². The van der Waals surface area contributed by atoms with E-state index in [1.54, 1.807) is 13.8 Å². The summed E-state index contributed by atoms with van der Waals surface area (Å²) in [6, 6.07) is 0. The van der Waals surface area contributed by atoms with E-state index in [1.165, 1.54) is 0 Å². The Balaban J connectivity index is 4.57. The minimum atomic E-state index is -1.88. The molecule has 1 unspecified atom stereocenters. The van der Waals surface area contributed by atoms with Crippen LogP contribution < -0.4 is 5.73 Å². The van der Waals surface area contributed by atoms with Crippen LogP contribution in [0, 0.1) is 0 Å². The highest BCUT2D eigenvalue weighted by Crippen LogP contribution is 2.12. The average Bonchev–Trinajstić information content (AvgIpc) is 2.04. The molecule has 3 N–H and O–H groups in total. The van der Waals surface area contributed by atoms with Crippen molar-refractivity contribution in [3.05, 3.63) is 0 Å². The van der Waals surface area contributed by atoms with Crippen LogP contribution >= 0.6 is 0 Å². The van der Waals surface area contributed by atoms with Gasteiger partial charge in [0.25, 0.3) is 0 Å². The van der Waals surface area contributed by atoms with Gasteiger partial charge in [0.2, 0.25) is 5.54 Å². The highest BCUT2D eigenvalue weighted by atomic mass is 16.5. The lowest BCUT2D eigenvalue weighted by molar-refractivity contribution is -0.161. The number of nitrogens with two attached hydrogens (primary N) is 1. The van der Waals surface area contributed by atoms with Gasteiger partial charge in [-0.15, -0.1) is 0 Å². The Morgan fingerprint density at radius 2 is 2.00 bits per heavy atom. The highest BCUT2D eigenvalue weighted by molar-refractivity contribution is 6.03. The second kappa shape index (κ2) is 4.81. The van der Waals surface area contributed by atoms with Crippen molar-refractivity contribution in [2.45, 2.75) is 32.2 Å². The number of hydrogen-bond acceptors (Lipinski definition) is 4. The Morgan fingerprint density at radius 1 is 1.46 bits per heavy atom. The fourth-order valence-electron chi connectivity index (χ4n) is 0.951. The second-order valence-corrected chi connectivity index (χ2v) is 2.75. The molecule has 1 atom stereocenters. The van der Waals surface area contributed by atoms with E-state index < -0.39 is 17.5 Å². The number of ether oxygens (including phenoxy) is 1. The molecule has 0 heterocycles. The molecule has 0 aliphatic carbocycles. The van der Waals surface area contributed by atoms with Crippen molar-refractivity contribution in [3.8, 4) is 0 Å². The summed E-state index contributed by atoms with van der Waals surface area (Å²) >= 11 is 0. The topological polar surface area (TPSA) is 89.6 Å². The molecule has 0 aromatic heterocycles. The van der Waals surface area contributed by atoms with Crippen LogP contribution in [0.1, 0.15) is 26.7 Å². The van der Waals surface area contributed by atoms with Crippen molar-refractivity contribution in [2.24, 2.45) is 5.73 Å². The molecular formula is C8H15NO4. The molecule has 0 aromatic rings.